The number of hydrogen-bond acceptors (Lipinski definition) is 2. The van der Waals surface area contributed by atoms with E-state index in [9.17, 15) is 4.39 Å². The first-order chi connectivity index (χ1) is 8.68. The lowest BCUT2D eigenvalue weighted by molar-refractivity contribution is 0.266. The van der Waals surface area contributed by atoms with Gasteiger partial charge >= 0.3 is 0 Å². The summed E-state index contributed by atoms with van der Waals surface area (Å²) < 4.78 is 14.0. The maximum atomic E-state index is 14.0. The molecule has 0 radical (unpaired) electrons. The molecule has 18 heavy (non-hydrogen) atoms. The average molecular weight is 244 g/mol. The van der Waals surface area contributed by atoms with Gasteiger partial charge in [-0.2, -0.15) is 5.26 Å². The normalized spacial score (nSPS) is 29.9. The highest BCUT2D eigenvalue weighted by atomic mass is 19.1. The number of nitriles is 1. The van der Waals surface area contributed by atoms with Gasteiger partial charge in [0.15, 0.2) is 0 Å². The summed E-state index contributed by atoms with van der Waals surface area (Å²) in [6, 6.07) is 7.00. The molecule has 3 rings (SSSR count). The minimum absolute atomic E-state index is 0.155. The minimum Gasteiger partial charge on any atom is -0.298 e. The van der Waals surface area contributed by atoms with Crippen LogP contribution in [0.1, 0.15) is 30.9 Å². The van der Waals surface area contributed by atoms with Gasteiger partial charge in [0, 0.05) is 25.2 Å². The van der Waals surface area contributed by atoms with E-state index >= 15 is 0 Å². The molecule has 0 spiro atoms. The Kier molecular flexibility index (Phi) is 2.64. The Morgan fingerprint density at radius 1 is 1.56 bits per heavy atom. The lowest BCUT2D eigenvalue weighted by atomic mass is 10.0. The molecule has 2 atom stereocenters. The second-order valence-corrected chi connectivity index (χ2v) is 5.68. The van der Waals surface area contributed by atoms with Gasteiger partial charge in [-0.15, -0.1) is 0 Å². The number of halogens is 1. The molecule has 2 fully saturated rings. The van der Waals surface area contributed by atoms with Gasteiger partial charge in [0.05, 0.1) is 5.56 Å². The van der Waals surface area contributed by atoms with Crippen LogP contribution in [0.25, 0.3) is 0 Å². The van der Waals surface area contributed by atoms with Crippen molar-refractivity contribution in [3.63, 3.8) is 0 Å². The van der Waals surface area contributed by atoms with Crippen LogP contribution in [-0.4, -0.2) is 18.0 Å². The molecular weight excluding hydrogens is 227 g/mol. The smallest absolute Gasteiger partial charge is 0.145 e. The zero-order valence-electron chi connectivity index (χ0n) is 10.6. The van der Waals surface area contributed by atoms with Crippen LogP contribution >= 0.6 is 0 Å². The van der Waals surface area contributed by atoms with Crippen molar-refractivity contribution in [2.24, 2.45) is 11.3 Å². The number of benzene rings is 1. The number of rotatable bonds is 3. The fourth-order valence-electron chi connectivity index (χ4n) is 3.40. The van der Waals surface area contributed by atoms with E-state index in [1.54, 1.807) is 12.1 Å². The molecular formula is C15H17FN2. The molecule has 2 aliphatic rings. The Hall–Kier alpha value is -1.40. The summed E-state index contributed by atoms with van der Waals surface area (Å²) >= 11 is 0. The first-order valence-electron chi connectivity index (χ1n) is 6.58. The molecule has 1 aromatic carbocycles. The summed E-state index contributed by atoms with van der Waals surface area (Å²) in [5.41, 5.74) is 1.34. The monoisotopic (exact) mass is 244 g/mol. The van der Waals surface area contributed by atoms with E-state index in [2.05, 4.69) is 11.8 Å². The van der Waals surface area contributed by atoms with Gasteiger partial charge in [-0.1, -0.05) is 19.1 Å². The molecule has 1 saturated carbocycles. The van der Waals surface area contributed by atoms with Crippen LogP contribution in [0, 0.1) is 28.5 Å². The number of hydrogen-bond donors (Lipinski definition) is 0. The second kappa shape index (κ2) is 4.07. The molecule has 1 aliphatic carbocycles. The molecule has 0 bridgehead atoms. The van der Waals surface area contributed by atoms with Gasteiger partial charge in [0.25, 0.3) is 0 Å². The largest absolute Gasteiger partial charge is 0.298 e. The lowest BCUT2D eigenvalue weighted by Crippen LogP contribution is -2.25. The van der Waals surface area contributed by atoms with Crippen LogP contribution in [0.5, 0.6) is 0 Å². The third kappa shape index (κ3) is 1.72. The van der Waals surface area contributed by atoms with Crippen LogP contribution < -0.4 is 0 Å². The summed E-state index contributed by atoms with van der Waals surface area (Å²) in [5.74, 6) is 0.482. The van der Waals surface area contributed by atoms with E-state index < -0.39 is 0 Å². The SMILES string of the molecule is CC[C@]12C[C@H]1CN(Cc1cccc(C#N)c1F)C2. The van der Waals surface area contributed by atoms with Crippen LogP contribution in [0.4, 0.5) is 4.39 Å². The molecule has 2 nitrogen and oxygen atoms in total. The van der Waals surface area contributed by atoms with Crippen molar-refractivity contribution in [2.75, 3.05) is 13.1 Å². The maximum absolute atomic E-state index is 14.0. The predicted molar refractivity (Wildman–Crippen MR) is 67.2 cm³/mol. The van der Waals surface area contributed by atoms with Crippen LogP contribution in [0.2, 0.25) is 0 Å². The standard InChI is InChI=1S/C15H17FN2/c1-2-15-6-13(15)9-18(10-15)8-12-5-3-4-11(7-17)14(12)16/h3-5,13H,2,6,8-10H2,1H3/t13-,15+/m0/s1. The fourth-order valence-corrected chi connectivity index (χ4v) is 3.40. The van der Waals surface area contributed by atoms with Crippen LogP contribution in [0.3, 0.4) is 0 Å². The first-order valence-corrected chi connectivity index (χ1v) is 6.58. The molecule has 0 amide bonds. The molecule has 3 heteroatoms. The Bertz CT molecular complexity index is 516. The number of piperidine rings is 1. The van der Waals surface area contributed by atoms with Crippen molar-refractivity contribution in [2.45, 2.75) is 26.3 Å². The zero-order chi connectivity index (χ0) is 12.8. The number of likely N-dealkylation sites (tertiary alicyclic amines) is 1. The average Bonchev–Trinajstić information content (AvgIpc) is 2.95. The Morgan fingerprint density at radius 2 is 2.39 bits per heavy atom. The topological polar surface area (TPSA) is 27.0 Å². The summed E-state index contributed by atoms with van der Waals surface area (Å²) in [4.78, 5) is 2.33. The Balaban J connectivity index is 1.73. The minimum atomic E-state index is -0.342. The molecule has 0 unspecified atom stereocenters. The highest BCUT2D eigenvalue weighted by Crippen LogP contribution is 2.60. The van der Waals surface area contributed by atoms with Crippen molar-refractivity contribution in [3.05, 3.63) is 35.1 Å². The van der Waals surface area contributed by atoms with Crippen LogP contribution in [0.15, 0.2) is 18.2 Å². The first kappa shape index (κ1) is 11.7. The summed E-state index contributed by atoms with van der Waals surface area (Å²) in [6.45, 7) is 5.06. The predicted octanol–water partition coefficient (Wildman–Crippen LogP) is 2.93. The van der Waals surface area contributed by atoms with E-state index in [1.807, 2.05) is 6.07 Å². The Morgan fingerprint density at radius 3 is 3.06 bits per heavy atom. The molecule has 1 aliphatic heterocycles. The quantitative estimate of drug-likeness (QED) is 0.817. The summed E-state index contributed by atoms with van der Waals surface area (Å²) in [6.07, 6.45) is 2.58. The van der Waals surface area contributed by atoms with E-state index in [4.69, 9.17) is 5.26 Å². The van der Waals surface area contributed by atoms with E-state index in [0.717, 1.165) is 19.0 Å². The molecule has 0 N–H and O–H groups in total. The molecule has 94 valence electrons. The van der Waals surface area contributed by atoms with Crippen molar-refractivity contribution in [1.29, 1.82) is 5.26 Å². The molecule has 1 aromatic rings. The fraction of sp³-hybridized carbons (Fsp3) is 0.533. The highest BCUT2D eigenvalue weighted by Gasteiger charge is 2.57. The summed E-state index contributed by atoms with van der Waals surface area (Å²) in [5, 5.41) is 8.83. The van der Waals surface area contributed by atoms with Crippen molar-refractivity contribution >= 4 is 0 Å². The van der Waals surface area contributed by atoms with Gasteiger partial charge in [0.1, 0.15) is 11.9 Å². The maximum Gasteiger partial charge on any atom is 0.145 e. The van der Waals surface area contributed by atoms with Gasteiger partial charge in [-0.25, -0.2) is 4.39 Å². The second-order valence-electron chi connectivity index (χ2n) is 5.68. The molecule has 1 saturated heterocycles. The van der Waals surface area contributed by atoms with E-state index in [0.29, 0.717) is 17.5 Å². The molecule has 1 heterocycles. The third-order valence-electron chi connectivity index (χ3n) is 4.67. The van der Waals surface area contributed by atoms with Crippen molar-refractivity contribution in [1.82, 2.24) is 4.90 Å². The number of fused-ring (bicyclic) bond motifs is 1. The molecule has 0 aromatic heterocycles. The number of nitrogens with zero attached hydrogens (tertiary/aromatic N) is 2. The lowest BCUT2D eigenvalue weighted by Gasteiger charge is -2.20. The van der Waals surface area contributed by atoms with Gasteiger partial charge in [-0.3, -0.25) is 4.90 Å². The Labute approximate surface area is 107 Å². The van der Waals surface area contributed by atoms with E-state index in [-0.39, 0.29) is 11.4 Å². The third-order valence-corrected chi connectivity index (χ3v) is 4.67. The van der Waals surface area contributed by atoms with E-state index in [1.165, 1.54) is 18.9 Å². The zero-order valence-corrected chi connectivity index (χ0v) is 10.6. The highest BCUT2D eigenvalue weighted by molar-refractivity contribution is 5.35. The van der Waals surface area contributed by atoms with Gasteiger partial charge < -0.3 is 0 Å². The van der Waals surface area contributed by atoms with Crippen molar-refractivity contribution in [3.8, 4) is 6.07 Å². The van der Waals surface area contributed by atoms with Gasteiger partial charge in [0.2, 0.25) is 0 Å². The van der Waals surface area contributed by atoms with Crippen LogP contribution in [-0.2, 0) is 6.54 Å². The summed E-state index contributed by atoms with van der Waals surface area (Å²) in [7, 11) is 0. The van der Waals surface area contributed by atoms with Gasteiger partial charge in [-0.05, 0) is 30.2 Å². The van der Waals surface area contributed by atoms with Crippen molar-refractivity contribution < 1.29 is 4.39 Å².